The Hall–Kier alpha value is -0.0800. The van der Waals surface area contributed by atoms with Crippen LogP contribution < -0.4 is 5.32 Å². The summed E-state index contributed by atoms with van der Waals surface area (Å²) < 4.78 is 0. The van der Waals surface area contributed by atoms with Gasteiger partial charge in [-0.1, -0.05) is 58.8 Å². The summed E-state index contributed by atoms with van der Waals surface area (Å²) in [6, 6.07) is 0. The van der Waals surface area contributed by atoms with Crippen molar-refractivity contribution in [2.45, 2.75) is 84.1 Å². The minimum absolute atomic E-state index is 0.360. The number of hydrogen-bond donors (Lipinski definition) is 1. The molecule has 1 N–H and O–H groups in total. The molecule has 0 bridgehead atoms. The van der Waals surface area contributed by atoms with Gasteiger partial charge in [0.25, 0.3) is 0 Å². The van der Waals surface area contributed by atoms with Crippen molar-refractivity contribution in [3.8, 4) is 0 Å². The summed E-state index contributed by atoms with van der Waals surface area (Å²) in [5, 5.41) is 3.66. The molecular weight excluding hydrogens is 232 g/mol. The molecule has 2 heteroatoms. The fourth-order valence-electron chi connectivity index (χ4n) is 3.04. The van der Waals surface area contributed by atoms with Crippen LogP contribution in [0.1, 0.15) is 78.6 Å². The maximum absolute atomic E-state index is 3.66. The molecule has 2 nitrogen and oxygen atoms in total. The zero-order valence-electron chi connectivity index (χ0n) is 13.6. The molecule has 1 aliphatic heterocycles. The van der Waals surface area contributed by atoms with E-state index in [-0.39, 0.29) is 0 Å². The smallest absolute Gasteiger partial charge is 0.0278 e. The second-order valence-electron chi connectivity index (χ2n) is 6.59. The third-order valence-corrected chi connectivity index (χ3v) is 4.66. The van der Waals surface area contributed by atoms with Gasteiger partial charge in [-0.05, 0) is 26.3 Å². The van der Waals surface area contributed by atoms with Gasteiger partial charge >= 0.3 is 0 Å². The van der Waals surface area contributed by atoms with Crippen molar-refractivity contribution in [2.24, 2.45) is 0 Å². The van der Waals surface area contributed by atoms with Crippen LogP contribution in [0, 0.1) is 0 Å². The van der Waals surface area contributed by atoms with Gasteiger partial charge in [-0.2, -0.15) is 0 Å². The van der Waals surface area contributed by atoms with Crippen LogP contribution >= 0.6 is 0 Å². The van der Waals surface area contributed by atoms with Crippen LogP contribution in [-0.4, -0.2) is 36.6 Å². The number of nitrogens with zero attached hydrogens (tertiary/aromatic N) is 1. The Labute approximate surface area is 121 Å². The Kier molecular flexibility index (Phi) is 8.72. The van der Waals surface area contributed by atoms with Gasteiger partial charge in [0.2, 0.25) is 0 Å². The largest absolute Gasteiger partial charge is 0.309 e. The number of piperazine rings is 1. The Morgan fingerprint density at radius 3 is 2.21 bits per heavy atom. The molecule has 1 fully saturated rings. The van der Waals surface area contributed by atoms with E-state index in [1.54, 1.807) is 0 Å². The molecule has 0 saturated carbocycles. The van der Waals surface area contributed by atoms with Gasteiger partial charge in [0, 0.05) is 25.2 Å². The first-order valence-electron chi connectivity index (χ1n) is 8.67. The molecule has 114 valence electrons. The van der Waals surface area contributed by atoms with Crippen molar-refractivity contribution >= 4 is 0 Å². The van der Waals surface area contributed by atoms with E-state index < -0.39 is 0 Å². The lowest BCUT2D eigenvalue weighted by Gasteiger charge is -2.41. The molecule has 1 atom stereocenters. The summed E-state index contributed by atoms with van der Waals surface area (Å²) in [5.41, 5.74) is 0.360. The average molecular weight is 268 g/mol. The summed E-state index contributed by atoms with van der Waals surface area (Å²) >= 11 is 0. The minimum atomic E-state index is 0.360. The standard InChI is InChI=1S/C17H36N2/c1-4-6-7-8-9-10-11-12-14-19-15-13-18-17(3,5-2)16-19/h18H,4-16H2,1-3H3. The predicted molar refractivity (Wildman–Crippen MR) is 85.7 cm³/mol. The van der Waals surface area contributed by atoms with E-state index in [1.165, 1.54) is 84.0 Å². The molecule has 0 radical (unpaired) electrons. The third kappa shape index (κ3) is 7.31. The molecular formula is C17H36N2. The molecule has 0 aromatic rings. The molecule has 0 amide bonds. The molecule has 1 saturated heterocycles. The number of unbranched alkanes of at least 4 members (excludes halogenated alkanes) is 7. The fraction of sp³-hybridized carbons (Fsp3) is 1.00. The van der Waals surface area contributed by atoms with Gasteiger partial charge in [0.15, 0.2) is 0 Å². The summed E-state index contributed by atoms with van der Waals surface area (Å²) in [6.45, 7) is 11.9. The summed E-state index contributed by atoms with van der Waals surface area (Å²) in [7, 11) is 0. The summed E-state index contributed by atoms with van der Waals surface area (Å²) in [6.07, 6.45) is 12.6. The van der Waals surface area contributed by atoms with E-state index >= 15 is 0 Å². The zero-order chi connectivity index (χ0) is 14.0. The maximum atomic E-state index is 3.66. The molecule has 0 aromatic carbocycles. The summed E-state index contributed by atoms with van der Waals surface area (Å²) in [5.74, 6) is 0. The lowest BCUT2D eigenvalue weighted by atomic mass is 9.95. The highest BCUT2D eigenvalue weighted by Crippen LogP contribution is 2.16. The summed E-state index contributed by atoms with van der Waals surface area (Å²) in [4.78, 5) is 2.66. The van der Waals surface area contributed by atoms with Crippen LogP contribution in [0.4, 0.5) is 0 Å². The van der Waals surface area contributed by atoms with Crippen molar-refractivity contribution in [3.05, 3.63) is 0 Å². The first kappa shape index (κ1) is 17.0. The fourth-order valence-corrected chi connectivity index (χ4v) is 3.04. The van der Waals surface area contributed by atoms with E-state index in [4.69, 9.17) is 0 Å². The number of rotatable bonds is 10. The zero-order valence-corrected chi connectivity index (χ0v) is 13.6. The van der Waals surface area contributed by atoms with E-state index in [2.05, 4.69) is 31.0 Å². The first-order chi connectivity index (χ1) is 9.20. The monoisotopic (exact) mass is 268 g/mol. The van der Waals surface area contributed by atoms with E-state index in [0.29, 0.717) is 5.54 Å². The molecule has 0 spiro atoms. The van der Waals surface area contributed by atoms with Crippen LogP contribution in [0.15, 0.2) is 0 Å². The van der Waals surface area contributed by atoms with Gasteiger partial charge in [-0.25, -0.2) is 0 Å². The minimum Gasteiger partial charge on any atom is -0.309 e. The highest BCUT2D eigenvalue weighted by atomic mass is 15.2. The highest BCUT2D eigenvalue weighted by molar-refractivity contribution is 4.89. The second kappa shape index (κ2) is 9.77. The molecule has 1 heterocycles. The lowest BCUT2D eigenvalue weighted by Crippen LogP contribution is -2.58. The van der Waals surface area contributed by atoms with Crippen LogP contribution in [0.3, 0.4) is 0 Å². The van der Waals surface area contributed by atoms with Crippen molar-refractivity contribution in [1.82, 2.24) is 10.2 Å². The Morgan fingerprint density at radius 2 is 1.58 bits per heavy atom. The number of nitrogens with one attached hydrogen (secondary N) is 1. The Bertz CT molecular complexity index is 217. The van der Waals surface area contributed by atoms with Gasteiger partial charge in [-0.15, -0.1) is 0 Å². The van der Waals surface area contributed by atoms with Crippen LogP contribution in [-0.2, 0) is 0 Å². The van der Waals surface area contributed by atoms with Gasteiger partial charge in [-0.3, -0.25) is 0 Å². The predicted octanol–water partition coefficient (Wildman–Crippen LogP) is 4.20. The van der Waals surface area contributed by atoms with E-state index in [0.717, 1.165) is 0 Å². The topological polar surface area (TPSA) is 15.3 Å². The molecule has 19 heavy (non-hydrogen) atoms. The van der Waals surface area contributed by atoms with Crippen LogP contribution in [0.25, 0.3) is 0 Å². The Morgan fingerprint density at radius 1 is 0.947 bits per heavy atom. The molecule has 0 aromatic heterocycles. The molecule has 1 unspecified atom stereocenters. The van der Waals surface area contributed by atoms with Crippen molar-refractivity contribution in [1.29, 1.82) is 0 Å². The molecule has 1 rings (SSSR count). The third-order valence-electron chi connectivity index (χ3n) is 4.66. The lowest BCUT2D eigenvalue weighted by molar-refractivity contribution is 0.137. The second-order valence-corrected chi connectivity index (χ2v) is 6.59. The number of hydrogen-bond acceptors (Lipinski definition) is 2. The van der Waals surface area contributed by atoms with Crippen molar-refractivity contribution < 1.29 is 0 Å². The quantitative estimate of drug-likeness (QED) is 0.597. The van der Waals surface area contributed by atoms with Crippen molar-refractivity contribution in [2.75, 3.05) is 26.2 Å². The van der Waals surface area contributed by atoms with Crippen molar-refractivity contribution in [3.63, 3.8) is 0 Å². The highest BCUT2D eigenvalue weighted by Gasteiger charge is 2.27. The van der Waals surface area contributed by atoms with E-state index in [1.807, 2.05) is 0 Å². The van der Waals surface area contributed by atoms with Crippen LogP contribution in [0.5, 0.6) is 0 Å². The molecule has 1 aliphatic rings. The SMILES string of the molecule is CCCCCCCCCCN1CCNC(C)(CC)C1. The van der Waals surface area contributed by atoms with Gasteiger partial charge < -0.3 is 10.2 Å². The van der Waals surface area contributed by atoms with Gasteiger partial charge in [0.1, 0.15) is 0 Å². The molecule has 0 aliphatic carbocycles. The first-order valence-corrected chi connectivity index (χ1v) is 8.67. The van der Waals surface area contributed by atoms with Crippen LogP contribution in [0.2, 0.25) is 0 Å². The van der Waals surface area contributed by atoms with E-state index in [9.17, 15) is 0 Å². The maximum Gasteiger partial charge on any atom is 0.0278 e. The van der Waals surface area contributed by atoms with Gasteiger partial charge in [0.05, 0.1) is 0 Å². The Balaban J connectivity index is 1.97. The average Bonchev–Trinajstić information content (AvgIpc) is 2.42. The normalized spacial score (nSPS) is 24.8.